The zero-order chi connectivity index (χ0) is 58.1. The number of hydrogen-bond acceptors (Lipinski definition) is 19. The van der Waals surface area contributed by atoms with Gasteiger partial charge in [-0.3, -0.25) is 0 Å². The molecule has 0 heterocycles. The van der Waals surface area contributed by atoms with Crippen LogP contribution in [0.4, 0.5) is 0 Å². The van der Waals surface area contributed by atoms with Gasteiger partial charge in [0.15, 0.2) is 16.6 Å². The molecule has 0 aliphatic rings. The second-order valence-electron chi connectivity index (χ2n) is 25.0. The van der Waals surface area contributed by atoms with Gasteiger partial charge in [0.2, 0.25) is 0 Å². The third-order valence-corrected chi connectivity index (χ3v) is 77.7. The van der Waals surface area contributed by atoms with E-state index in [1.165, 1.54) is 0 Å². The van der Waals surface area contributed by atoms with E-state index >= 15 is 0 Å². The van der Waals surface area contributed by atoms with Crippen LogP contribution in [0.25, 0.3) is 0 Å². The summed E-state index contributed by atoms with van der Waals surface area (Å²) in [5, 5.41) is 0. The van der Waals surface area contributed by atoms with Gasteiger partial charge in [-0.15, -0.1) is 0 Å². The van der Waals surface area contributed by atoms with E-state index in [9.17, 15) is 0 Å². The molecule has 0 aromatic rings. The predicted molar refractivity (Wildman–Crippen MR) is 346 cm³/mol. The van der Waals surface area contributed by atoms with Gasteiger partial charge >= 0.3 is 85.6 Å². The molecule has 0 saturated carbocycles. The lowest BCUT2D eigenvalue weighted by Gasteiger charge is -2.44. The molecule has 0 rings (SSSR count). The second kappa shape index (κ2) is 29.9. The quantitative estimate of drug-likeness (QED) is 0.0536. The molecule has 0 fully saturated rings. The Kier molecular flexibility index (Phi) is 31.4. The Morgan fingerprint density at radius 1 is 0.164 bits per heavy atom. The molecular formula is C34H110O19Si20. The summed E-state index contributed by atoms with van der Waals surface area (Å²) >= 11 is 0. The van der Waals surface area contributed by atoms with Gasteiger partial charge in [-0.2, -0.15) is 0 Å². The maximum absolute atomic E-state index is 6.88. The van der Waals surface area contributed by atoms with Crippen molar-refractivity contribution < 1.29 is 78.2 Å². The van der Waals surface area contributed by atoms with Crippen LogP contribution in [0.2, 0.25) is 223 Å². The molecule has 0 bridgehead atoms. The van der Waals surface area contributed by atoms with Crippen molar-refractivity contribution in [1.29, 1.82) is 0 Å². The van der Waals surface area contributed by atoms with Gasteiger partial charge < -0.3 is 78.2 Å². The highest BCUT2D eigenvalue weighted by Crippen LogP contribution is 2.31. The van der Waals surface area contributed by atoms with Gasteiger partial charge in [-0.05, 0) is 223 Å². The fourth-order valence-corrected chi connectivity index (χ4v) is 92.1. The van der Waals surface area contributed by atoms with Crippen molar-refractivity contribution in [3.63, 3.8) is 0 Å². The third kappa shape index (κ3) is 39.7. The standard InChI is InChI=1S/C34H110O19Si20/c1-54(36-56(3)38-58(5)40-60(7)42-62(9,10)11)35-55(2)37-57(4)39-59(6)41-61(8)43-64(15,16)45-66(19,20)47-68(23,24)49-70(27,28)51-72(31,32)53-73(33,34)52-71(29,30)50-69(25,26)48-67(21,22)46-65(17,18)44-63(12,13)14/h54-61H,1-34H3. The summed E-state index contributed by atoms with van der Waals surface area (Å²) in [6.45, 7) is 70.7. The fraction of sp³-hybridized carbons (Fsp3) is 1.00. The molecule has 0 spiro atoms. The van der Waals surface area contributed by atoms with Crippen molar-refractivity contribution in [2.45, 2.75) is 223 Å². The summed E-state index contributed by atoms with van der Waals surface area (Å²) < 4.78 is 124. The van der Waals surface area contributed by atoms with Crippen LogP contribution < -0.4 is 0 Å². The molecular weight excluding hydrogens is 1270 g/mol. The Balaban J connectivity index is 5.29. The molecule has 73 heavy (non-hydrogen) atoms. The smallest absolute Gasteiger partial charge is 0.314 e. The molecule has 0 aliphatic heterocycles. The molecule has 8 unspecified atom stereocenters. The monoisotopic (exact) mass is 1380 g/mol. The predicted octanol–water partition coefficient (Wildman–Crippen LogP) is 8.79. The summed E-state index contributed by atoms with van der Waals surface area (Å²) in [6.07, 6.45) is 0. The normalized spacial score (nSPS) is 18.3. The first-order valence-corrected chi connectivity index (χ1v) is 77.6. The number of hydrogen-bond donors (Lipinski definition) is 0. The average Bonchev–Trinajstić information content (AvgIpc) is 2.95. The summed E-state index contributed by atoms with van der Waals surface area (Å²) in [4.78, 5) is 0. The molecule has 440 valence electrons. The first-order chi connectivity index (χ1) is 31.9. The van der Waals surface area contributed by atoms with Crippen LogP contribution in [0.3, 0.4) is 0 Å². The zero-order valence-corrected chi connectivity index (χ0v) is 73.6. The van der Waals surface area contributed by atoms with Crippen LogP contribution >= 0.6 is 0 Å². The van der Waals surface area contributed by atoms with E-state index < -0.39 is 177 Å². The van der Waals surface area contributed by atoms with Crippen LogP contribution in [-0.4, -0.2) is 177 Å². The van der Waals surface area contributed by atoms with Gasteiger partial charge in [0, 0.05) is 0 Å². The average molecular weight is 1380 g/mol. The van der Waals surface area contributed by atoms with Crippen LogP contribution in [-0.2, 0) is 78.2 Å². The van der Waals surface area contributed by atoms with Crippen LogP contribution in [0, 0.1) is 0 Å². The highest BCUT2D eigenvalue weighted by molar-refractivity contribution is 6.94. The van der Waals surface area contributed by atoms with Crippen molar-refractivity contribution in [2.75, 3.05) is 0 Å². The van der Waals surface area contributed by atoms with Crippen molar-refractivity contribution in [2.24, 2.45) is 0 Å². The van der Waals surface area contributed by atoms with Crippen LogP contribution in [0.5, 0.6) is 0 Å². The summed E-state index contributed by atoms with van der Waals surface area (Å²) in [7, 11) is -46.0. The molecule has 0 aliphatic carbocycles. The maximum Gasteiger partial charge on any atom is 0.314 e. The SMILES string of the molecule is C[SiH](O[SiH](C)O[SiH](C)O[SiH](C)O[SiH](C)O[Si](C)(C)O[Si](C)(C)O[Si](C)(C)O[Si](C)(C)O[Si](C)(C)O[Si](C)(C)O[Si](C)(C)O[Si](C)(C)O[Si](C)(C)O[Si](C)(C)O[Si](C)(C)C)O[SiH](C)O[SiH](C)O[SiH](C)O[Si](C)(C)C. The molecule has 0 N–H and O–H groups in total. The van der Waals surface area contributed by atoms with Crippen molar-refractivity contribution >= 4 is 177 Å². The minimum Gasteiger partial charge on any atom is -0.439 e. The Hall–Kier alpha value is 3.58. The van der Waals surface area contributed by atoms with E-state index in [-0.39, 0.29) is 0 Å². The van der Waals surface area contributed by atoms with Crippen molar-refractivity contribution in [3.05, 3.63) is 0 Å². The summed E-state index contributed by atoms with van der Waals surface area (Å²) in [6, 6.07) is 0. The van der Waals surface area contributed by atoms with Gasteiger partial charge in [0.25, 0.3) is 74.3 Å². The van der Waals surface area contributed by atoms with Crippen LogP contribution in [0.15, 0.2) is 0 Å². The molecule has 0 aromatic heterocycles. The van der Waals surface area contributed by atoms with Gasteiger partial charge in [-0.25, -0.2) is 0 Å². The lowest BCUT2D eigenvalue weighted by molar-refractivity contribution is 0.253. The number of rotatable bonds is 38. The zero-order valence-electron chi connectivity index (χ0n) is 52.4. The Labute approximate surface area is 473 Å². The van der Waals surface area contributed by atoms with Gasteiger partial charge in [-0.1, -0.05) is 0 Å². The van der Waals surface area contributed by atoms with E-state index in [0.717, 1.165) is 0 Å². The molecule has 19 nitrogen and oxygen atoms in total. The van der Waals surface area contributed by atoms with Crippen molar-refractivity contribution in [3.8, 4) is 0 Å². The largest absolute Gasteiger partial charge is 0.439 e. The van der Waals surface area contributed by atoms with Crippen LogP contribution in [0.1, 0.15) is 0 Å². The Bertz CT molecular complexity index is 1630. The van der Waals surface area contributed by atoms with E-state index in [1.54, 1.807) is 0 Å². The topological polar surface area (TPSA) is 175 Å². The van der Waals surface area contributed by atoms with Gasteiger partial charge in [0.1, 0.15) is 0 Å². The van der Waals surface area contributed by atoms with Gasteiger partial charge in [0.05, 0.1) is 0 Å². The lowest BCUT2D eigenvalue weighted by Crippen LogP contribution is -2.62. The molecule has 0 aromatic carbocycles. The van der Waals surface area contributed by atoms with E-state index in [4.69, 9.17) is 78.2 Å². The first kappa shape index (κ1) is 76.6. The Morgan fingerprint density at radius 2 is 0.315 bits per heavy atom. The summed E-state index contributed by atoms with van der Waals surface area (Å²) in [5.41, 5.74) is 0. The highest BCUT2D eigenvalue weighted by Gasteiger charge is 2.51. The van der Waals surface area contributed by atoms with E-state index in [0.29, 0.717) is 0 Å². The Morgan fingerprint density at radius 3 is 0.493 bits per heavy atom. The van der Waals surface area contributed by atoms with Crippen molar-refractivity contribution in [1.82, 2.24) is 0 Å². The lowest BCUT2D eigenvalue weighted by atomic mass is 11.8. The minimum absolute atomic E-state index is 1.63. The minimum atomic E-state index is -2.80. The maximum atomic E-state index is 6.88. The highest BCUT2D eigenvalue weighted by atomic mass is 28.5. The first-order valence-electron chi connectivity index (χ1n) is 25.9. The molecule has 8 atom stereocenters. The summed E-state index contributed by atoms with van der Waals surface area (Å²) in [5.74, 6) is 0. The molecule has 0 amide bonds. The van der Waals surface area contributed by atoms with E-state index in [2.05, 4.69) is 164 Å². The second-order valence-corrected chi connectivity index (χ2v) is 88.2. The molecule has 0 radical (unpaired) electrons. The fourth-order valence-electron chi connectivity index (χ4n) is 9.31. The van der Waals surface area contributed by atoms with E-state index in [1.807, 2.05) is 58.9 Å². The molecule has 0 saturated heterocycles. The molecule has 39 heteroatoms. The third-order valence-electron chi connectivity index (χ3n) is 8.63.